The lowest BCUT2D eigenvalue weighted by Gasteiger charge is -2.10. The second-order valence-electron chi connectivity index (χ2n) is 3.34. The van der Waals surface area contributed by atoms with E-state index in [2.05, 4.69) is 10.2 Å². The molecule has 4 heteroatoms. The largest absolute Gasteiger partial charge is 0.480 e. The van der Waals surface area contributed by atoms with Crippen LogP contribution in [0.15, 0.2) is 16.7 Å². The van der Waals surface area contributed by atoms with Gasteiger partial charge in [-0.3, -0.25) is 5.10 Å². The number of aromatic nitrogens is 2. The van der Waals surface area contributed by atoms with Gasteiger partial charge in [-0.15, -0.1) is 5.10 Å². The van der Waals surface area contributed by atoms with E-state index in [1.807, 2.05) is 6.07 Å². The molecule has 3 rings (SSSR count). The number of H-pyrrole nitrogens is 1. The standard InChI is InChI=1S/C10H10N2O2/c1-13-10-7-2-3-8-6(4-5-14-8)9(7)11-12-10/h4-5H,2-3H2,1H3,(H,11,12). The molecule has 0 aromatic carbocycles. The first-order chi connectivity index (χ1) is 6.90. The molecule has 0 fully saturated rings. The van der Waals surface area contributed by atoms with E-state index in [-0.39, 0.29) is 0 Å². The summed E-state index contributed by atoms with van der Waals surface area (Å²) in [5.74, 6) is 1.73. The van der Waals surface area contributed by atoms with Crippen molar-refractivity contribution in [2.45, 2.75) is 12.8 Å². The maximum Gasteiger partial charge on any atom is 0.236 e. The highest BCUT2D eigenvalue weighted by atomic mass is 16.5. The fraction of sp³-hybridized carbons (Fsp3) is 0.300. The van der Waals surface area contributed by atoms with Crippen molar-refractivity contribution in [3.8, 4) is 17.1 Å². The predicted octanol–water partition coefficient (Wildman–Crippen LogP) is 1.78. The van der Waals surface area contributed by atoms with Crippen LogP contribution in [0, 0.1) is 0 Å². The van der Waals surface area contributed by atoms with Gasteiger partial charge >= 0.3 is 0 Å². The normalized spacial score (nSPS) is 13.5. The summed E-state index contributed by atoms with van der Waals surface area (Å²) in [4.78, 5) is 0. The SMILES string of the molecule is COc1n[nH]c2c1CCc1occc1-2. The van der Waals surface area contributed by atoms with Crippen molar-refractivity contribution >= 4 is 0 Å². The summed E-state index contributed by atoms with van der Waals surface area (Å²) in [5, 5.41) is 7.09. The number of nitrogens with zero attached hydrogens (tertiary/aromatic N) is 1. The summed E-state index contributed by atoms with van der Waals surface area (Å²) < 4.78 is 10.5. The number of rotatable bonds is 1. The van der Waals surface area contributed by atoms with Gasteiger partial charge in [-0.2, -0.15) is 0 Å². The molecule has 1 N–H and O–H groups in total. The molecular formula is C10H10N2O2. The first kappa shape index (κ1) is 7.67. The van der Waals surface area contributed by atoms with Crippen LogP contribution in [-0.2, 0) is 12.8 Å². The van der Waals surface area contributed by atoms with E-state index in [0.29, 0.717) is 5.88 Å². The fourth-order valence-corrected chi connectivity index (χ4v) is 1.97. The molecule has 0 saturated carbocycles. The van der Waals surface area contributed by atoms with Crippen molar-refractivity contribution in [2.24, 2.45) is 0 Å². The smallest absolute Gasteiger partial charge is 0.236 e. The molecule has 0 amide bonds. The third-order valence-electron chi connectivity index (χ3n) is 2.64. The van der Waals surface area contributed by atoms with Crippen molar-refractivity contribution in [3.05, 3.63) is 23.7 Å². The maximum absolute atomic E-state index is 5.37. The fourth-order valence-electron chi connectivity index (χ4n) is 1.97. The molecule has 1 aliphatic carbocycles. The molecule has 2 aromatic rings. The van der Waals surface area contributed by atoms with Gasteiger partial charge in [0.25, 0.3) is 0 Å². The Morgan fingerprint density at radius 2 is 2.43 bits per heavy atom. The minimum atomic E-state index is 0.701. The third-order valence-corrected chi connectivity index (χ3v) is 2.64. The summed E-state index contributed by atoms with van der Waals surface area (Å²) in [6.07, 6.45) is 3.56. The van der Waals surface area contributed by atoms with E-state index in [9.17, 15) is 0 Å². The van der Waals surface area contributed by atoms with Crippen molar-refractivity contribution in [3.63, 3.8) is 0 Å². The summed E-state index contributed by atoms with van der Waals surface area (Å²) in [6, 6.07) is 1.96. The lowest BCUT2D eigenvalue weighted by Crippen LogP contribution is -2.01. The van der Waals surface area contributed by atoms with Crippen LogP contribution in [0.2, 0.25) is 0 Å². The van der Waals surface area contributed by atoms with Crippen molar-refractivity contribution in [1.82, 2.24) is 10.2 Å². The number of hydrogen-bond acceptors (Lipinski definition) is 3. The molecule has 1 aliphatic rings. The van der Waals surface area contributed by atoms with Gasteiger partial charge in [-0.25, -0.2) is 0 Å². The monoisotopic (exact) mass is 190 g/mol. The predicted molar refractivity (Wildman–Crippen MR) is 50.2 cm³/mol. The van der Waals surface area contributed by atoms with Crippen molar-refractivity contribution < 1.29 is 9.15 Å². The highest BCUT2D eigenvalue weighted by Gasteiger charge is 2.24. The van der Waals surface area contributed by atoms with Gasteiger partial charge in [0.2, 0.25) is 5.88 Å². The molecule has 0 aliphatic heterocycles. The molecular weight excluding hydrogens is 180 g/mol. The molecule has 0 bridgehead atoms. The number of ether oxygens (including phenoxy) is 1. The van der Waals surface area contributed by atoms with E-state index in [1.165, 1.54) is 0 Å². The van der Waals surface area contributed by atoms with Crippen LogP contribution in [0.5, 0.6) is 5.88 Å². The molecule has 2 aromatic heterocycles. The number of aryl methyl sites for hydroxylation is 1. The molecule has 0 radical (unpaired) electrons. The van der Waals surface area contributed by atoms with Gasteiger partial charge in [0, 0.05) is 17.5 Å². The van der Waals surface area contributed by atoms with Crippen LogP contribution in [0.3, 0.4) is 0 Å². The lowest BCUT2D eigenvalue weighted by atomic mass is 9.96. The Bertz CT molecular complexity index is 470. The topological polar surface area (TPSA) is 51.0 Å². The molecule has 14 heavy (non-hydrogen) atoms. The molecule has 0 saturated heterocycles. The summed E-state index contributed by atoms with van der Waals surface area (Å²) in [6.45, 7) is 0. The molecule has 4 nitrogen and oxygen atoms in total. The average Bonchev–Trinajstić information content (AvgIpc) is 2.82. The van der Waals surface area contributed by atoms with Crippen molar-refractivity contribution in [1.29, 1.82) is 0 Å². The summed E-state index contributed by atoms with van der Waals surface area (Å²) in [7, 11) is 1.64. The van der Waals surface area contributed by atoms with Crippen LogP contribution >= 0.6 is 0 Å². The van der Waals surface area contributed by atoms with E-state index in [0.717, 1.165) is 35.4 Å². The second-order valence-corrected chi connectivity index (χ2v) is 3.34. The minimum Gasteiger partial charge on any atom is -0.480 e. The second kappa shape index (κ2) is 2.64. The molecule has 2 heterocycles. The van der Waals surface area contributed by atoms with Gasteiger partial charge in [0.1, 0.15) is 5.76 Å². The van der Waals surface area contributed by atoms with Gasteiger partial charge < -0.3 is 9.15 Å². The molecule has 72 valence electrons. The Labute approximate surface area is 80.9 Å². The Hall–Kier alpha value is -1.71. The third kappa shape index (κ3) is 0.852. The van der Waals surface area contributed by atoms with Crippen LogP contribution in [0.25, 0.3) is 11.3 Å². The number of hydrogen-bond donors (Lipinski definition) is 1. The van der Waals surface area contributed by atoms with Gasteiger partial charge in [-0.1, -0.05) is 0 Å². The van der Waals surface area contributed by atoms with E-state index in [1.54, 1.807) is 13.4 Å². The Morgan fingerprint density at radius 3 is 3.29 bits per heavy atom. The highest BCUT2D eigenvalue weighted by Crippen LogP contribution is 2.36. The lowest BCUT2D eigenvalue weighted by molar-refractivity contribution is 0.391. The maximum atomic E-state index is 5.37. The molecule has 0 unspecified atom stereocenters. The number of nitrogens with one attached hydrogen (secondary N) is 1. The number of furan rings is 1. The number of methoxy groups -OCH3 is 1. The molecule has 0 spiro atoms. The molecule has 0 atom stereocenters. The van der Waals surface area contributed by atoms with E-state index < -0.39 is 0 Å². The zero-order chi connectivity index (χ0) is 9.54. The Morgan fingerprint density at radius 1 is 1.50 bits per heavy atom. The van der Waals surface area contributed by atoms with Crippen LogP contribution in [0.4, 0.5) is 0 Å². The first-order valence-electron chi connectivity index (χ1n) is 4.58. The zero-order valence-electron chi connectivity index (χ0n) is 7.83. The quantitative estimate of drug-likeness (QED) is 0.745. The number of fused-ring (bicyclic) bond motifs is 3. The first-order valence-corrected chi connectivity index (χ1v) is 4.58. The van der Waals surface area contributed by atoms with Gasteiger partial charge in [0.15, 0.2) is 0 Å². The van der Waals surface area contributed by atoms with E-state index in [4.69, 9.17) is 9.15 Å². The van der Waals surface area contributed by atoms with Gasteiger partial charge in [0.05, 0.1) is 19.1 Å². The zero-order valence-corrected chi connectivity index (χ0v) is 7.83. The average molecular weight is 190 g/mol. The van der Waals surface area contributed by atoms with Crippen LogP contribution in [0.1, 0.15) is 11.3 Å². The Kier molecular flexibility index (Phi) is 1.45. The van der Waals surface area contributed by atoms with Crippen LogP contribution in [-0.4, -0.2) is 17.3 Å². The van der Waals surface area contributed by atoms with E-state index >= 15 is 0 Å². The Balaban J connectivity index is 2.22. The summed E-state index contributed by atoms with van der Waals surface area (Å²) in [5.41, 5.74) is 3.31. The van der Waals surface area contributed by atoms with Gasteiger partial charge in [-0.05, 0) is 12.5 Å². The van der Waals surface area contributed by atoms with Crippen molar-refractivity contribution in [2.75, 3.05) is 7.11 Å². The minimum absolute atomic E-state index is 0.701. The number of aromatic amines is 1. The highest BCUT2D eigenvalue weighted by molar-refractivity contribution is 5.69. The summed E-state index contributed by atoms with van der Waals surface area (Å²) >= 11 is 0. The van der Waals surface area contributed by atoms with Crippen LogP contribution < -0.4 is 4.74 Å².